The van der Waals surface area contributed by atoms with Gasteiger partial charge in [0.05, 0.1) is 12.1 Å². The van der Waals surface area contributed by atoms with Crippen molar-refractivity contribution in [3.63, 3.8) is 0 Å². The lowest BCUT2D eigenvalue weighted by Crippen LogP contribution is -2.33. The Hall–Kier alpha value is -3.73. The molecule has 4 rings (SSSR count). The van der Waals surface area contributed by atoms with Gasteiger partial charge in [-0.1, -0.05) is 42.5 Å². The maximum atomic E-state index is 13.5. The maximum Gasteiger partial charge on any atom is 0.278 e. The van der Waals surface area contributed by atoms with Crippen LogP contribution in [0.1, 0.15) is 22.3 Å². The van der Waals surface area contributed by atoms with Gasteiger partial charge in [-0.25, -0.2) is 0 Å². The van der Waals surface area contributed by atoms with E-state index in [0.29, 0.717) is 11.3 Å². The molecule has 2 heterocycles. The highest BCUT2D eigenvalue weighted by Gasteiger charge is 2.41. The second-order valence-corrected chi connectivity index (χ2v) is 7.47. The van der Waals surface area contributed by atoms with Crippen LogP contribution in [-0.4, -0.2) is 28.7 Å². The molecule has 0 radical (unpaired) electrons. The van der Waals surface area contributed by atoms with Crippen molar-refractivity contribution in [3.05, 3.63) is 101 Å². The summed E-state index contributed by atoms with van der Waals surface area (Å²) >= 11 is 0. The van der Waals surface area contributed by atoms with Gasteiger partial charge in [-0.2, -0.15) is 0 Å². The molecule has 0 unspecified atom stereocenters. The standard InChI is InChI=1S/C25H23N3O2/c1-17-11-12-20(14-18(17)2)22-23(27(3)21-9-5-4-6-10-21)25(30)28(24(22)29)16-19-8-7-13-26-15-19/h4-15H,16H2,1-3H3. The van der Waals surface area contributed by atoms with Gasteiger partial charge >= 0.3 is 0 Å². The Morgan fingerprint density at radius 3 is 2.33 bits per heavy atom. The smallest absolute Gasteiger partial charge is 0.278 e. The van der Waals surface area contributed by atoms with Crippen LogP contribution in [0, 0.1) is 13.8 Å². The van der Waals surface area contributed by atoms with Gasteiger partial charge in [0.1, 0.15) is 5.70 Å². The molecule has 0 spiro atoms. The molecular weight excluding hydrogens is 374 g/mol. The minimum atomic E-state index is -0.302. The third-order valence-electron chi connectivity index (χ3n) is 5.48. The summed E-state index contributed by atoms with van der Waals surface area (Å²) in [6.07, 6.45) is 3.35. The number of pyridine rings is 1. The SMILES string of the molecule is Cc1ccc(C2=C(N(C)c3ccccc3)C(=O)N(Cc3cccnc3)C2=O)cc1C. The van der Waals surface area contributed by atoms with Gasteiger partial charge in [0.2, 0.25) is 0 Å². The molecular formula is C25H23N3O2. The molecule has 5 heteroatoms. The number of rotatable bonds is 5. The highest BCUT2D eigenvalue weighted by atomic mass is 16.2. The first-order valence-corrected chi connectivity index (χ1v) is 9.83. The molecule has 0 aliphatic carbocycles. The predicted molar refractivity (Wildman–Crippen MR) is 117 cm³/mol. The Morgan fingerprint density at radius 2 is 1.67 bits per heavy atom. The van der Waals surface area contributed by atoms with E-state index < -0.39 is 0 Å². The van der Waals surface area contributed by atoms with Crippen LogP contribution in [-0.2, 0) is 16.1 Å². The number of hydrogen-bond acceptors (Lipinski definition) is 4. The van der Waals surface area contributed by atoms with E-state index in [1.165, 1.54) is 4.90 Å². The van der Waals surface area contributed by atoms with Crippen molar-refractivity contribution < 1.29 is 9.59 Å². The van der Waals surface area contributed by atoms with Crippen LogP contribution in [0.2, 0.25) is 0 Å². The van der Waals surface area contributed by atoms with E-state index in [0.717, 1.165) is 27.9 Å². The number of aromatic nitrogens is 1. The molecule has 2 amide bonds. The number of nitrogens with zero attached hydrogens (tertiary/aromatic N) is 3. The number of carbonyl (C=O) groups excluding carboxylic acids is 2. The van der Waals surface area contributed by atoms with E-state index in [1.807, 2.05) is 75.5 Å². The van der Waals surface area contributed by atoms with Crippen molar-refractivity contribution in [3.8, 4) is 0 Å². The van der Waals surface area contributed by atoms with Crippen LogP contribution in [0.3, 0.4) is 0 Å². The van der Waals surface area contributed by atoms with Crippen molar-refractivity contribution in [2.24, 2.45) is 0 Å². The number of imide groups is 1. The lowest BCUT2D eigenvalue weighted by atomic mass is 9.99. The summed E-state index contributed by atoms with van der Waals surface area (Å²) in [6, 6.07) is 19.1. The Bertz CT molecular complexity index is 1140. The number of amides is 2. The van der Waals surface area contributed by atoms with Gasteiger partial charge in [0.15, 0.2) is 0 Å². The van der Waals surface area contributed by atoms with Gasteiger partial charge in [-0.05, 0) is 54.3 Å². The lowest BCUT2D eigenvalue weighted by molar-refractivity contribution is -0.137. The van der Waals surface area contributed by atoms with Crippen molar-refractivity contribution in [2.45, 2.75) is 20.4 Å². The molecule has 0 fully saturated rings. The fourth-order valence-electron chi connectivity index (χ4n) is 3.63. The maximum absolute atomic E-state index is 13.5. The van der Waals surface area contributed by atoms with Crippen LogP contribution >= 0.6 is 0 Å². The Morgan fingerprint density at radius 1 is 0.900 bits per heavy atom. The first-order chi connectivity index (χ1) is 14.5. The second-order valence-electron chi connectivity index (χ2n) is 7.47. The minimum absolute atomic E-state index is 0.186. The van der Waals surface area contributed by atoms with E-state index in [2.05, 4.69) is 4.98 Å². The van der Waals surface area contributed by atoms with Gasteiger partial charge in [-0.3, -0.25) is 19.5 Å². The van der Waals surface area contributed by atoms with Crippen LogP contribution in [0.4, 0.5) is 5.69 Å². The van der Waals surface area contributed by atoms with E-state index in [4.69, 9.17) is 0 Å². The number of hydrogen-bond donors (Lipinski definition) is 0. The molecule has 150 valence electrons. The summed E-state index contributed by atoms with van der Waals surface area (Å²) < 4.78 is 0. The summed E-state index contributed by atoms with van der Waals surface area (Å²) in [5.41, 5.74) is 5.44. The van der Waals surface area contributed by atoms with Crippen LogP contribution in [0.25, 0.3) is 5.57 Å². The topological polar surface area (TPSA) is 53.5 Å². The Balaban J connectivity index is 1.82. The van der Waals surface area contributed by atoms with E-state index in [-0.39, 0.29) is 18.4 Å². The number of carbonyl (C=O) groups is 2. The zero-order valence-electron chi connectivity index (χ0n) is 17.3. The molecule has 1 aliphatic heterocycles. The number of para-hydroxylation sites is 1. The van der Waals surface area contributed by atoms with Crippen LogP contribution < -0.4 is 4.90 Å². The van der Waals surface area contributed by atoms with E-state index in [9.17, 15) is 9.59 Å². The molecule has 0 atom stereocenters. The molecule has 3 aromatic rings. The fraction of sp³-hybridized carbons (Fsp3) is 0.160. The molecule has 0 saturated heterocycles. The first-order valence-electron chi connectivity index (χ1n) is 9.83. The van der Waals surface area contributed by atoms with Crippen molar-refractivity contribution in [2.75, 3.05) is 11.9 Å². The third kappa shape index (κ3) is 3.50. The number of likely N-dealkylation sites (N-methyl/N-ethyl adjacent to an activating group) is 1. The minimum Gasteiger partial charge on any atom is -0.339 e. The molecule has 5 nitrogen and oxygen atoms in total. The van der Waals surface area contributed by atoms with Crippen molar-refractivity contribution in [1.29, 1.82) is 0 Å². The molecule has 0 N–H and O–H groups in total. The van der Waals surface area contributed by atoms with Gasteiger partial charge in [-0.15, -0.1) is 0 Å². The molecule has 0 bridgehead atoms. The lowest BCUT2D eigenvalue weighted by Gasteiger charge is -2.21. The van der Waals surface area contributed by atoms with Crippen LogP contribution in [0.15, 0.2) is 78.8 Å². The Labute approximate surface area is 176 Å². The number of benzene rings is 2. The Kier molecular flexibility index (Phi) is 5.19. The van der Waals surface area contributed by atoms with Crippen LogP contribution in [0.5, 0.6) is 0 Å². The largest absolute Gasteiger partial charge is 0.339 e. The molecule has 1 aliphatic rings. The zero-order valence-corrected chi connectivity index (χ0v) is 17.3. The molecule has 30 heavy (non-hydrogen) atoms. The van der Waals surface area contributed by atoms with Gasteiger partial charge < -0.3 is 4.90 Å². The van der Waals surface area contributed by atoms with Gasteiger partial charge in [0.25, 0.3) is 11.8 Å². The average molecular weight is 397 g/mol. The first kappa shape index (κ1) is 19.6. The zero-order chi connectivity index (χ0) is 21.3. The van der Waals surface area contributed by atoms with E-state index >= 15 is 0 Å². The number of anilines is 1. The van der Waals surface area contributed by atoms with Crippen molar-refractivity contribution >= 4 is 23.1 Å². The van der Waals surface area contributed by atoms with Gasteiger partial charge in [0, 0.05) is 25.1 Å². The second kappa shape index (κ2) is 7.95. The average Bonchev–Trinajstić information content (AvgIpc) is 3.01. The summed E-state index contributed by atoms with van der Waals surface area (Å²) in [7, 11) is 1.82. The predicted octanol–water partition coefficient (Wildman–Crippen LogP) is 4.11. The summed E-state index contributed by atoms with van der Waals surface area (Å²) in [4.78, 5) is 34.1. The normalized spacial score (nSPS) is 13.9. The molecule has 0 saturated carbocycles. The summed E-state index contributed by atoms with van der Waals surface area (Å²) in [5.74, 6) is -0.590. The third-order valence-corrected chi connectivity index (χ3v) is 5.48. The summed E-state index contributed by atoms with van der Waals surface area (Å²) in [6.45, 7) is 4.22. The fourth-order valence-corrected chi connectivity index (χ4v) is 3.63. The number of aryl methyl sites for hydroxylation is 2. The highest BCUT2D eigenvalue weighted by molar-refractivity contribution is 6.36. The quantitative estimate of drug-likeness (QED) is 0.608. The molecule has 1 aromatic heterocycles. The van der Waals surface area contributed by atoms with E-state index in [1.54, 1.807) is 23.4 Å². The molecule has 2 aromatic carbocycles. The highest BCUT2D eigenvalue weighted by Crippen LogP contribution is 2.34. The van der Waals surface area contributed by atoms with Crippen molar-refractivity contribution in [1.82, 2.24) is 9.88 Å². The monoisotopic (exact) mass is 397 g/mol. The summed E-state index contributed by atoms with van der Waals surface area (Å²) in [5, 5.41) is 0.